The number of aliphatic carboxylic acids is 1. The molecule has 0 aromatic heterocycles. The molecule has 0 spiro atoms. The lowest BCUT2D eigenvalue weighted by atomic mass is 10.0. The van der Waals surface area contributed by atoms with Crippen molar-refractivity contribution in [3.8, 4) is 0 Å². The summed E-state index contributed by atoms with van der Waals surface area (Å²) in [6.45, 7) is 0. The lowest BCUT2D eigenvalue weighted by molar-refractivity contribution is -0.137. The van der Waals surface area contributed by atoms with Crippen LogP contribution in [0.3, 0.4) is 0 Å². The predicted molar refractivity (Wildman–Crippen MR) is 79.0 cm³/mol. The van der Waals surface area contributed by atoms with Crippen LogP contribution in [-0.4, -0.2) is 16.9 Å². The van der Waals surface area contributed by atoms with Gasteiger partial charge < -0.3 is 5.11 Å². The summed E-state index contributed by atoms with van der Waals surface area (Å²) in [6.07, 6.45) is 2.84. The lowest BCUT2D eigenvalue weighted by Gasteiger charge is -2.03. The number of carbonyl (C=O) groups excluding carboxylic acids is 1. The molecular formula is C17H18O3. The predicted octanol–water partition coefficient (Wildman–Crippen LogP) is 4.06. The smallest absolute Gasteiger partial charge is 0.303 e. The number of hydrogen-bond donors (Lipinski definition) is 1. The third-order valence-electron chi connectivity index (χ3n) is 3.37. The third-order valence-corrected chi connectivity index (χ3v) is 3.37. The van der Waals surface area contributed by atoms with Gasteiger partial charge in [-0.3, -0.25) is 9.59 Å². The van der Waals surface area contributed by atoms with Crippen molar-refractivity contribution in [3.63, 3.8) is 0 Å². The summed E-state index contributed by atoms with van der Waals surface area (Å²) < 4.78 is 0. The Morgan fingerprint density at radius 2 is 1.55 bits per heavy atom. The largest absolute Gasteiger partial charge is 0.481 e. The number of hydrogen-bond acceptors (Lipinski definition) is 2. The highest BCUT2D eigenvalue weighted by atomic mass is 16.4. The topological polar surface area (TPSA) is 54.4 Å². The molecule has 0 saturated heterocycles. The van der Waals surface area contributed by atoms with Gasteiger partial charge in [-0.2, -0.15) is 0 Å². The molecule has 0 aliphatic heterocycles. The lowest BCUT2D eigenvalue weighted by Crippen LogP contribution is -1.99. The number of carboxylic acids is 1. The van der Waals surface area contributed by atoms with Crippen molar-refractivity contribution in [2.45, 2.75) is 32.1 Å². The van der Waals surface area contributed by atoms with Gasteiger partial charge >= 0.3 is 5.97 Å². The van der Waals surface area contributed by atoms with E-state index in [2.05, 4.69) is 0 Å². The number of carbonyl (C=O) groups is 2. The van der Waals surface area contributed by atoms with Crippen LogP contribution in [0.1, 0.15) is 42.5 Å². The fourth-order valence-corrected chi connectivity index (χ4v) is 2.25. The summed E-state index contributed by atoms with van der Waals surface area (Å²) in [4.78, 5) is 22.4. The van der Waals surface area contributed by atoms with Gasteiger partial charge in [0, 0.05) is 18.4 Å². The summed E-state index contributed by atoms with van der Waals surface area (Å²) >= 11 is 0. The molecule has 3 nitrogen and oxygen atoms in total. The molecule has 0 atom stereocenters. The Morgan fingerprint density at radius 3 is 2.30 bits per heavy atom. The highest BCUT2D eigenvalue weighted by Gasteiger charge is 2.06. The van der Waals surface area contributed by atoms with E-state index in [1.165, 1.54) is 0 Å². The van der Waals surface area contributed by atoms with E-state index >= 15 is 0 Å². The van der Waals surface area contributed by atoms with Crippen LogP contribution in [0, 0.1) is 0 Å². The Labute approximate surface area is 118 Å². The molecule has 0 heterocycles. The van der Waals surface area contributed by atoms with Crippen LogP contribution in [-0.2, 0) is 4.79 Å². The van der Waals surface area contributed by atoms with Crippen LogP contribution in [0.5, 0.6) is 0 Å². The van der Waals surface area contributed by atoms with Crippen LogP contribution in [0.4, 0.5) is 0 Å². The Hall–Kier alpha value is -2.16. The van der Waals surface area contributed by atoms with E-state index in [4.69, 9.17) is 5.11 Å². The molecule has 20 heavy (non-hydrogen) atoms. The van der Waals surface area contributed by atoms with Crippen molar-refractivity contribution in [2.75, 3.05) is 0 Å². The zero-order valence-electron chi connectivity index (χ0n) is 11.3. The van der Waals surface area contributed by atoms with E-state index in [-0.39, 0.29) is 12.2 Å². The molecule has 0 amide bonds. The number of ketones is 1. The SMILES string of the molecule is O=C(O)CCCCCC(=O)c1ccc2ccccc2c1. The molecule has 0 radical (unpaired) electrons. The first-order chi connectivity index (χ1) is 9.66. The van der Waals surface area contributed by atoms with E-state index in [1.54, 1.807) is 0 Å². The fourth-order valence-electron chi connectivity index (χ4n) is 2.25. The first-order valence-electron chi connectivity index (χ1n) is 6.90. The molecule has 104 valence electrons. The number of benzene rings is 2. The normalized spacial score (nSPS) is 10.6. The van der Waals surface area contributed by atoms with E-state index in [9.17, 15) is 9.59 Å². The second-order valence-corrected chi connectivity index (χ2v) is 4.94. The minimum absolute atomic E-state index is 0.131. The van der Waals surface area contributed by atoms with Gasteiger partial charge in [0.2, 0.25) is 0 Å². The van der Waals surface area contributed by atoms with Gasteiger partial charge in [-0.05, 0) is 29.7 Å². The van der Waals surface area contributed by atoms with Crippen LogP contribution >= 0.6 is 0 Å². The highest BCUT2D eigenvalue weighted by Crippen LogP contribution is 2.17. The molecular weight excluding hydrogens is 252 g/mol. The summed E-state index contributed by atoms with van der Waals surface area (Å²) in [5.41, 5.74) is 0.738. The van der Waals surface area contributed by atoms with Gasteiger partial charge in [0.1, 0.15) is 0 Å². The molecule has 0 aliphatic rings. The van der Waals surface area contributed by atoms with E-state index in [1.807, 2.05) is 42.5 Å². The Balaban J connectivity index is 1.89. The second-order valence-electron chi connectivity index (χ2n) is 4.94. The average Bonchev–Trinajstić information content (AvgIpc) is 2.46. The van der Waals surface area contributed by atoms with Gasteiger partial charge in [-0.15, -0.1) is 0 Å². The first-order valence-corrected chi connectivity index (χ1v) is 6.90. The van der Waals surface area contributed by atoms with Crippen molar-refractivity contribution < 1.29 is 14.7 Å². The summed E-state index contributed by atoms with van der Waals surface area (Å²) in [6, 6.07) is 13.7. The van der Waals surface area contributed by atoms with E-state index in [0.29, 0.717) is 12.8 Å². The average molecular weight is 270 g/mol. The van der Waals surface area contributed by atoms with Gasteiger partial charge in [0.25, 0.3) is 0 Å². The van der Waals surface area contributed by atoms with Gasteiger partial charge in [-0.25, -0.2) is 0 Å². The monoisotopic (exact) mass is 270 g/mol. The Morgan fingerprint density at radius 1 is 0.850 bits per heavy atom. The number of rotatable bonds is 7. The van der Waals surface area contributed by atoms with Gasteiger partial charge in [0.05, 0.1) is 0 Å². The van der Waals surface area contributed by atoms with Crippen molar-refractivity contribution in [1.29, 1.82) is 0 Å². The molecule has 2 rings (SSSR count). The molecule has 0 unspecified atom stereocenters. The first kappa shape index (κ1) is 14.3. The maximum atomic E-state index is 12.1. The van der Waals surface area contributed by atoms with Crippen molar-refractivity contribution in [3.05, 3.63) is 48.0 Å². The van der Waals surface area contributed by atoms with E-state index in [0.717, 1.165) is 29.2 Å². The molecule has 3 heteroatoms. The van der Waals surface area contributed by atoms with E-state index < -0.39 is 5.97 Å². The minimum Gasteiger partial charge on any atom is -0.481 e. The van der Waals surface area contributed by atoms with Crippen molar-refractivity contribution >= 4 is 22.5 Å². The summed E-state index contributed by atoms with van der Waals surface area (Å²) in [5, 5.41) is 10.7. The maximum Gasteiger partial charge on any atom is 0.303 e. The zero-order chi connectivity index (χ0) is 14.4. The van der Waals surface area contributed by atoms with Crippen LogP contribution in [0.25, 0.3) is 10.8 Å². The van der Waals surface area contributed by atoms with Crippen LogP contribution in [0.15, 0.2) is 42.5 Å². The van der Waals surface area contributed by atoms with Gasteiger partial charge in [0.15, 0.2) is 5.78 Å². The molecule has 0 saturated carbocycles. The number of carboxylic acid groups (broad SMARTS) is 1. The summed E-state index contributed by atoms with van der Waals surface area (Å²) in [7, 11) is 0. The molecule has 1 N–H and O–H groups in total. The second kappa shape index (κ2) is 6.85. The number of unbranched alkanes of at least 4 members (excludes halogenated alkanes) is 2. The Kier molecular flexibility index (Phi) is 4.88. The molecule has 2 aromatic rings. The van der Waals surface area contributed by atoms with Crippen LogP contribution in [0.2, 0.25) is 0 Å². The standard InChI is InChI=1S/C17H18O3/c18-16(8-2-1-3-9-17(19)20)15-11-10-13-6-4-5-7-14(13)12-15/h4-7,10-12H,1-3,8-9H2,(H,19,20). The molecule has 0 bridgehead atoms. The van der Waals surface area contributed by atoms with Crippen LogP contribution < -0.4 is 0 Å². The molecule has 0 aliphatic carbocycles. The van der Waals surface area contributed by atoms with Gasteiger partial charge in [-0.1, -0.05) is 42.8 Å². The fraction of sp³-hybridized carbons (Fsp3) is 0.294. The Bertz CT molecular complexity index is 616. The summed E-state index contributed by atoms with van der Waals surface area (Å²) in [5.74, 6) is -0.642. The zero-order valence-corrected chi connectivity index (χ0v) is 11.3. The third kappa shape index (κ3) is 3.92. The molecule has 2 aromatic carbocycles. The van der Waals surface area contributed by atoms with Crippen molar-refractivity contribution in [2.24, 2.45) is 0 Å². The molecule has 0 fully saturated rings. The number of fused-ring (bicyclic) bond motifs is 1. The highest BCUT2D eigenvalue weighted by molar-refractivity contribution is 5.99. The maximum absolute atomic E-state index is 12.1. The quantitative estimate of drug-likeness (QED) is 0.609. The minimum atomic E-state index is -0.772. The van der Waals surface area contributed by atoms with Crippen molar-refractivity contribution in [1.82, 2.24) is 0 Å². The number of Topliss-reactive ketones (excluding diaryl/α,β-unsaturated/α-hetero) is 1.